The van der Waals surface area contributed by atoms with Gasteiger partial charge in [-0.15, -0.1) is 11.3 Å². The van der Waals surface area contributed by atoms with Crippen molar-refractivity contribution in [3.05, 3.63) is 34.3 Å². The lowest BCUT2D eigenvalue weighted by molar-refractivity contribution is 0.102. The highest BCUT2D eigenvalue weighted by molar-refractivity contribution is 7.09. The molecule has 2 rings (SSSR count). The van der Waals surface area contributed by atoms with Crippen molar-refractivity contribution >= 4 is 22.9 Å². The molecule has 0 atom stereocenters. The Bertz CT molecular complexity index is 658. The van der Waals surface area contributed by atoms with E-state index < -0.39 is 0 Å². The maximum Gasteiger partial charge on any atom is 0.275 e. The van der Waals surface area contributed by atoms with E-state index in [4.69, 9.17) is 15.2 Å². The fourth-order valence-corrected chi connectivity index (χ4v) is 2.78. The Morgan fingerprint density at radius 2 is 2.09 bits per heavy atom. The van der Waals surface area contributed by atoms with Gasteiger partial charge >= 0.3 is 0 Å². The summed E-state index contributed by atoms with van der Waals surface area (Å²) in [4.78, 5) is 16.6. The lowest BCUT2D eigenvalue weighted by atomic mass is 10.2. The molecule has 0 fully saturated rings. The average Bonchev–Trinajstić information content (AvgIpc) is 2.99. The predicted molar refractivity (Wildman–Crippen MR) is 91.6 cm³/mol. The van der Waals surface area contributed by atoms with Crippen molar-refractivity contribution in [3.63, 3.8) is 0 Å². The van der Waals surface area contributed by atoms with E-state index in [1.165, 1.54) is 11.3 Å². The van der Waals surface area contributed by atoms with Crippen molar-refractivity contribution < 1.29 is 14.3 Å². The maximum absolute atomic E-state index is 12.4. The van der Waals surface area contributed by atoms with E-state index in [-0.39, 0.29) is 5.91 Å². The topological polar surface area (TPSA) is 86.5 Å². The summed E-state index contributed by atoms with van der Waals surface area (Å²) in [5.74, 6) is 0.995. The molecule has 3 N–H and O–H groups in total. The highest BCUT2D eigenvalue weighted by atomic mass is 32.1. The van der Waals surface area contributed by atoms with Gasteiger partial charge in [0.15, 0.2) is 0 Å². The van der Waals surface area contributed by atoms with Crippen LogP contribution in [0, 0.1) is 0 Å². The zero-order chi connectivity index (χ0) is 16.7. The van der Waals surface area contributed by atoms with Crippen LogP contribution in [0.3, 0.4) is 0 Å². The number of benzene rings is 1. The maximum atomic E-state index is 12.4. The number of rotatable bonds is 8. The van der Waals surface area contributed by atoms with Crippen LogP contribution in [-0.4, -0.2) is 30.6 Å². The number of nitrogens with one attached hydrogen (secondary N) is 1. The molecule has 124 valence electrons. The number of ether oxygens (including phenoxy) is 2. The molecule has 0 saturated heterocycles. The van der Waals surface area contributed by atoms with Crippen LogP contribution < -0.4 is 20.5 Å². The molecule has 23 heavy (non-hydrogen) atoms. The van der Waals surface area contributed by atoms with Gasteiger partial charge in [-0.1, -0.05) is 0 Å². The van der Waals surface area contributed by atoms with Gasteiger partial charge in [-0.3, -0.25) is 4.79 Å². The van der Waals surface area contributed by atoms with Crippen LogP contribution >= 0.6 is 11.3 Å². The van der Waals surface area contributed by atoms with Crippen molar-refractivity contribution in [2.24, 2.45) is 5.73 Å². The molecule has 0 saturated carbocycles. The molecule has 1 amide bonds. The third kappa shape index (κ3) is 4.67. The number of carbonyl (C=O) groups excluding carboxylic acids is 1. The largest absolute Gasteiger partial charge is 0.494 e. The summed E-state index contributed by atoms with van der Waals surface area (Å²) in [7, 11) is 0. The van der Waals surface area contributed by atoms with Crippen LogP contribution in [0.5, 0.6) is 11.5 Å². The van der Waals surface area contributed by atoms with E-state index in [9.17, 15) is 4.79 Å². The summed E-state index contributed by atoms with van der Waals surface area (Å²) >= 11 is 1.43. The number of carbonyl (C=O) groups is 1. The zero-order valence-corrected chi connectivity index (χ0v) is 14.1. The number of hydrogen-bond donors (Lipinski definition) is 2. The smallest absolute Gasteiger partial charge is 0.275 e. The monoisotopic (exact) mass is 335 g/mol. The minimum Gasteiger partial charge on any atom is -0.494 e. The molecule has 0 aliphatic carbocycles. The molecule has 0 unspecified atom stereocenters. The summed E-state index contributed by atoms with van der Waals surface area (Å²) in [6, 6.07) is 5.34. The van der Waals surface area contributed by atoms with E-state index in [2.05, 4.69) is 10.3 Å². The van der Waals surface area contributed by atoms with Gasteiger partial charge in [0.25, 0.3) is 5.91 Å². The lowest BCUT2D eigenvalue weighted by Gasteiger charge is -2.13. The molecule has 0 bridgehead atoms. The summed E-state index contributed by atoms with van der Waals surface area (Å²) in [5, 5.41) is 5.42. The SMILES string of the molecule is CCOc1ccc(OCC)c(NC(=O)c2csc(CCN)n2)c1. The van der Waals surface area contributed by atoms with Gasteiger partial charge in [-0.2, -0.15) is 0 Å². The Morgan fingerprint density at radius 1 is 1.30 bits per heavy atom. The second-order valence-corrected chi connectivity index (χ2v) is 5.59. The van der Waals surface area contributed by atoms with Crippen LogP contribution in [0.25, 0.3) is 0 Å². The van der Waals surface area contributed by atoms with Gasteiger partial charge < -0.3 is 20.5 Å². The van der Waals surface area contributed by atoms with Crippen molar-refractivity contribution in [3.8, 4) is 11.5 Å². The van der Waals surface area contributed by atoms with E-state index in [0.29, 0.717) is 49.1 Å². The predicted octanol–water partition coefficient (Wildman–Crippen LogP) is 2.69. The minimum absolute atomic E-state index is 0.279. The fourth-order valence-electron chi connectivity index (χ4n) is 1.98. The van der Waals surface area contributed by atoms with E-state index in [1.807, 2.05) is 19.9 Å². The van der Waals surface area contributed by atoms with Gasteiger partial charge in [0.05, 0.1) is 23.9 Å². The first-order chi connectivity index (χ1) is 11.2. The number of anilines is 1. The number of amides is 1. The first-order valence-electron chi connectivity index (χ1n) is 7.53. The molecular formula is C16H21N3O3S. The summed E-state index contributed by atoms with van der Waals surface area (Å²) in [5.41, 5.74) is 6.45. The molecule has 1 aromatic carbocycles. The van der Waals surface area contributed by atoms with Crippen LogP contribution in [0.4, 0.5) is 5.69 Å². The van der Waals surface area contributed by atoms with Crippen LogP contribution in [0.1, 0.15) is 29.3 Å². The Kier molecular flexibility index (Phi) is 6.37. The van der Waals surface area contributed by atoms with E-state index in [1.54, 1.807) is 17.5 Å². The van der Waals surface area contributed by atoms with Crippen molar-refractivity contribution in [2.75, 3.05) is 25.1 Å². The highest BCUT2D eigenvalue weighted by Crippen LogP contribution is 2.30. The first-order valence-corrected chi connectivity index (χ1v) is 8.41. The van der Waals surface area contributed by atoms with Gasteiger partial charge in [-0.05, 0) is 32.5 Å². The van der Waals surface area contributed by atoms with Gasteiger partial charge in [0.1, 0.15) is 17.2 Å². The summed E-state index contributed by atoms with van der Waals surface area (Å²) in [6.07, 6.45) is 0.669. The molecular weight excluding hydrogens is 314 g/mol. The Morgan fingerprint density at radius 3 is 2.78 bits per heavy atom. The second-order valence-electron chi connectivity index (χ2n) is 4.64. The van der Waals surface area contributed by atoms with Gasteiger partial charge in [0, 0.05) is 17.9 Å². The highest BCUT2D eigenvalue weighted by Gasteiger charge is 2.14. The molecule has 6 nitrogen and oxygen atoms in total. The normalized spacial score (nSPS) is 10.4. The number of thiazole rings is 1. The average molecular weight is 335 g/mol. The van der Waals surface area contributed by atoms with Crippen LogP contribution in [0.15, 0.2) is 23.6 Å². The number of aromatic nitrogens is 1. The fraction of sp³-hybridized carbons (Fsp3) is 0.375. The molecule has 7 heteroatoms. The quantitative estimate of drug-likeness (QED) is 0.774. The number of nitrogens with two attached hydrogens (primary N) is 1. The lowest BCUT2D eigenvalue weighted by Crippen LogP contribution is -2.14. The number of nitrogens with zero attached hydrogens (tertiary/aromatic N) is 1. The van der Waals surface area contributed by atoms with Crippen molar-refractivity contribution in [2.45, 2.75) is 20.3 Å². The molecule has 0 spiro atoms. The molecule has 0 radical (unpaired) electrons. The molecule has 1 aromatic heterocycles. The summed E-state index contributed by atoms with van der Waals surface area (Å²) in [6.45, 7) is 5.37. The van der Waals surface area contributed by atoms with Gasteiger partial charge in [-0.25, -0.2) is 4.98 Å². The molecule has 0 aliphatic rings. The third-order valence-electron chi connectivity index (χ3n) is 2.95. The standard InChI is InChI=1S/C16H21N3O3S/c1-3-21-11-5-6-14(22-4-2)12(9-11)19-16(20)13-10-23-15(18-13)7-8-17/h5-6,9-10H,3-4,7-8,17H2,1-2H3,(H,19,20). The zero-order valence-electron chi connectivity index (χ0n) is 13.3. The summed E-state index contributed by atoms with van der Waals surface area (Å²) < 4.78 is 11.0. The van der Waals surface area contributed by atoms with Crippen molar-refractivity contribution in [1.82, 2.24) is 4.98 Å². The van der Waals surface area contributed by atoms with E-state index in [0.717, 1.165) is 5.01 Å². The van der Waals surface area contributed by atoms with E-state index >= 15 is 0 Å². The second kappa shape index (κ2) is 8.50. The van der Waals surface area contributed by atoms with Gasteiger partial charge in [0.2, 0.25) is 0 Å². The number of hydrogen-bond acceptors (Lipinski definition) is 6. The minimum atomic E-state index is -0.279. The molecule has 2 aromatic rings. The third-order valence-corrected chi connectivity index (χ3v) is 3.86. The van der Waals surface area contributed by atoms with Crippen LogP contribution in [-0.2, 0) is 6.42 Å². The Labute approximate surface area is 139 Å². The molecule has 1 heterocycles. The van der Waals surface area contributed by atoms with Crippen LogP contribution in [0.2, 0.25) is 0 Å². The first kappa shape index (κ1) is 17.2. The Balaban J connectivity index is 2.18. The van der Waals surface area contributed by atoms with Crippen molar-refractivity contribution in [1.29, 1.82) is 0 Å². The molecule has 0 aliphatic heterocycles. The Hall–Kier alpha value is -2.12.